The second-order valence-electron chi connectivity index (χ2n) is 5.03. The summed E-state index contributed by atoms with van der Waals surface area (Å²) in [5.41, 5.74) is 1.67. The first-order valence-corrected chi connectivity index (χ1v) is 5.32. The van der Waals surface area contributed by atoms with E-state index in [2.05, 4.69) is 25.7 Å². The molecule has 1 unspecified atom stereocenters. The molecule has 0 spiro atoms. The van der Waals surface area contributed by atoms with Crippen molar-refractivity contribution < 1.29 is 4.11 Å². The van der Waals surface area contributed by atoms with Crippen LogP contribution in [0.3, 0.4) is 0 Å². The maximum absolute atomic E-state index is 7.72. The third-order valence-corrected chi connectivity index (χ3v) is 2.87. The van der Waals surface area contributed by atoms with Crippen LogP contribution in [-0.2, 0) is 0 Å². The van der Waals surface area contributed by atoms with E-state index in [1.165, 1.54) is 4.90 Å². The van der Waals surface area contributed by atoms with Crippen molar-refractivity contribution in [1.82, 2.24) is 0 Å². The van der Waals surface area contributed by atoms with Crippen LogP contribution in [0.15, 0.2) is 24.3 Å². The molecule has 0 aliphatic carbocycles. The van der Waals surface area contributed by atoms with Crippen LogP contribution in [-0.4, -0.2) is 18.7 Å². The Bertz CT molecular complexity index is 407. The summed E-state index contributed by atoms with van der Waals surface area (Å²) in [6.07, 6.45) is -0.171. The van der Waals surface area contributed by atoms with Crippen molar-refractivity contribution in [2.45, 2.75) is 39.4 Å². The fourth-order valence-electron chi connectivity index (χ4n) is 2.31. The minimum absolute atomic E-state index is 0.116. The molecule has 1 heterocycles. The van der Waals surface area contributed by atoms with Crippen LogP contribution in [0, 0.1) is 0 Å². The smallest absolute Gasteiger partial charge is 0.0990 e. The van der Waals surface area contributed by atoms with Gasteiger partial charge in [0.2, 0.25) is 0 Å². The van der Waals surface area contributed by atoms with Gasteiger partial charge in [-0.3, -0.25) is 0 Å². The van der Waals surface area contributed by atoms with E-state index in [0.717, 1.165) is 11.4 Å². The third kappa shape index (κ3) is 1.48. The van der Waals surface area contributed by atoms with Crippen LogP contribution >= 0.6 is 0 Å². The van der Waals surface area contributed by atoms with Gasteiger partial charge in [0.15, 0.2) is 0 Å². The van der Waals surface area contributed by atoms with E-state index >= 15 is 0 Å². The van der Waals surface area contributed by atoms with E-state index in [0.29, 0.717) is 0 Å². The van der Waals surface area contributed by atoms with Gasteiger partial charge in [-0.15, -0.1) is 0 Å². The summed E-state index contributed by atoms with van der Waals surface area (Å²) in [6.45, 7) is 6.13. The SMILES string of the molecule is [2H]C([2H])([2H])N1c2ccccc2N(C(C)(C)C)C1C. The standard InChI is InChI=1S/C13H20N2/c1-10-14(5)11-8-6-7-9-12(11)15(10)13(2,3)4/h6-10H,1-5H3/i5D3. The van der Waals surface area contributed by atoms with Gasteiger partial charge in [0, 0.05) is 16.6 Å². The molecular formula is C13H20N2. The molecule has 82 valence electrons. The molecule has 1 aliphatic rings. The first-order chi connectivity index (χ1) is 8.14. The summed E-state index contributed by atoms with van der Waals surface area (Å²) in [7, 11) is 0. The Balaban J connectivity index is 2.57. The van der Waals surface area contributed by atoms with Gasteiger partial charge in [0.25, 0.3) is 0 Å². The minimum atomic E-state index is -2.12. The molecule has 0 aromatic heterocycles. The van der Waals surface area contributed by atoms with Crippen molar-refractivity contribution in [2.24, 2.45) is 0 Å². The zero-order valence-corrected chi connectivity index (χ0v) is 9.78. The lowest BCUT2D eigenvalue weighted by Gasteiger charge is -2.39. The molecule has 1 aromatic carbocycles. The lowest BCUT2D eigenvalue weighted by atomic mass is 10.0. The highest BCUT2D eigenvalue weighted by molar-refractivity contribution is 5.77. The number of nitrogens with zero attached hydrogens (tertiary/aromatic N) is 2. The maximum Gasteiger partial charge on any atom is 0.0990 e. The van der Waals surface area contributed by atoms with Crippen molar-refractivity contribution in [3.05, 3.63) is 24.3 Å². The van der Waals surface area contributed by atoms with Gasteiger partial charge in [0.1, 0.15) is 0 Å². The summed E-state index contributed by atoms with van der Waals surface area (Å²) in [6, 6.07) is 7.70. The van der Waals surface area contributed by atoms with Crippen molar-refractivity contribution >= 4 is 11.4 Å². The number of rotatable bonds is 0. The normalized spacial score (nSPS) is 24.5. The van der Waals surface area contributed by atoms with E-state index in [4.69, 9.17) is 4.11 Å². The predicted molar refractivity (Wildman–Crippen MR) is 66.5 cm³/mol. The molecule has 15 heavy (non-hydrogen) atoms. The number of para-hydroxylation sites is 2. The molecule has 0 saturated heterocycles. The van der Waals surface area contributed by atoms with Crippen LogP contribution in [0.1, 0.15) is 31.8 Å². The third-order valence-electron chi connectivity index (χ3n) is 2.87. The average molecular weight is 207 g/mol. The lowest BCUT2D eigenvalue weighted by molar-refractivity contribution is 0.464. The first-order valence-electron chi connectivity index (χ1n) is 6.82. The highest BCUT2D eigenvalue weighted by atomic mass is 15.4. The summed E-state index contributed by atoms with van der Waals surface area (Å²) in [5, 5.41) is 0. The molecule has 1 atom stereocenters. The molecule has 0 N–H and O–H groups in total. The summed E-state index contributed by atoms with van der Waals surface area (Å²) < 4.78 is 23.2. The van der Waals surface area contributed by atoms with E-state index < -0.39 is 6.98 Å². The van der Waals surface area contributed by atoms with Gasteiger partial charge in [-0.1, -0.05) is 12.1 Å². The van der Waals surface area contributed by atoms with Crippen LogP contribution in [0.5, 0.6) is 0 Å². The average Bonchev–Trinajstić information content (AvgIpc) is 2.47. The monoisotopic (exact) mass is 207 g/mol. The number of hydrogen-bond acceptors (Lipinski definition) is 2. The summed E-state index contributed by atoms with van der Waals surface area (Å²) >= 11 is 0. The Morgan fingerprint density at radius 2 is 1.80 bits per heavy atom. The Morgan fingerprint density at radius 1 is 1.20 bits per heavy atom. The van der Waals surface area contributed by atoms with Gasteiger partial charge in [0.05, 0.1) is 17.5 Å². The number of benzene rings is 1. The second-order valence-corrected chi connectivity index (χ2v) is 5.03. The molecule has 2 nitrogen and oxygen atoms in total. The molecule has 0 radical (unpaired) electrons. The quantitative estimate of drug-likeness (QED) is 0.645. The van der Waals surface area contributed by atoms with Crippen molar-refractivity contribution in [3.63, 3.8) is 0 Å². The molecule has 2 heteroatoms. The minimum Gasteiger partial charge on any atom is -0.353 e. The molecule has 1 aliphatic heterocycles. The number of fused-ring (bicyclic) bond motifs is 1. The molecule has 0 saturated carbocycles. The Kier molecular flexibility index (Phi) is 1.51. The van der Waals surface area contributed by atoms with Crippen LogP contribution in [0.25, 0.3) is 0 Å². The number of anilines is 2. The Labute approximate surface area is 96.7 Å². The molecule has 1 aromatic rings. The Morgan fingerprint density at radius 3 is 2.33 bits per heavy atom. The zero-order chi connectivity index (χ0) is 13.7. The first kappa shape index (κ1) is 7.15. The fourth-order valence-corrected chi connectivity index (χ4v) is 2.31. The highest BCUT2D eigenvalue weighted by Gasteiger charge is 2.36. The van der Waals surface area contributed by atoms with Crippen molar-refractivity contribution in [2.75, 3.05) is 16.8 Å². The van der Waals surface area contributed by atoms with Gasteiger partial charge < -0.3 is 9.80 Å². The van der Waals surface area contributed by atoms with E-state index in [9.17, 15) is 0 Å². The van der Waals surface area contributed by atoms with Crippen LogP contribution in [0.2, 0.25) is 0 Å². The molecule has 0 bridgehead atoms. The number of hydrogen-bond donors (Lipinski definition) is 0. The predicted octanol–water partition coefficient (Wildman–Crippen LogP) is 3.09. The van der Waals surface area contributed by atoms with Crippen LogP contribution < -0.4 is 9.80 Å². The fraction of sp³-hybridized carbons (Fsp3) is 0.538. The van der Waals surface area contributed by atoms with Crippen molar-refractivity contribution in [1.29, 1.82) is 0 Å². The molecule has 0 amide bonds. The van der Waals surface area contributed by atoms with Gasteiger partial charge in [-0.2, -0.15) is 0 Å². The van der Waals surface area contributed by atoms with E-state index in [1.54, 1.807) is 0 Å². The largest absolute Gasteiger partial charge is 0.353 e. The second kappa shape index (κ2) is 3.16. The molecule has 0 fully saturated rings. The zero-order valence-electron chi connectivity index (χ0n) is 12.8. The van der Waals surface area contributed by atoms with E-state index in [1.807, 2.05) is 31.2 Å². The molecular weight excluding hydrogens is 184 g/mol. The van der Waals surface area contributed by atoms with Crippen LogP contribution in [0.4, 0.5) is 11.4 Å². The topological polar surface area (TPSA) is 6.48 Å². The van der Waals surface area contributed by atoms with Gasteiger partial charge in [-0.05, 0) is 39.8 Å². The maximum atomic E-state index is 7.72. The summed E-state index contributed by atoms with van der Waals surface area (Å²) in [5.74, 6) is 0. The summed E-state index contributed by atoms with van der Waals surface area (Å²) in [4.78, 5) is 3.68. The van der Waals surface area contributed by atoms with Gasteiger partial charge in [-0.25, -0.2) is 0 Å². The highest BCUT2D eigenvalue weighted by Crippen LogP contribution is 2.41. The lowest BCUT2D eigenvalue weighted by Crippen LogP contribution is -2.49. The van der Waals surface area contributed by atoms with Crippen molar-refractivity contribution in [3.8, 4) is 0 Å². The van der Waals surface area contributed by atoms with E-state index in [-0.39, 0.29) is 11.7 Å². The Hall–Kier alpha value is -1.18. The molecule has 2 rings (SSSR count). The van der Waals surface area contributed by atoms with Gasteiger partial charge >= 0.3 is 0 Å².